The maximum absolute atomic E-state index is 12.6. The molecule has 2 rings (SSSR count). The smallest absolute Gasteiger partial charge is 0.393 e. The zero-order chi connectivity index (χ0) is 14.8. The summed E-state index contributed by atoms with van der Waals surface area (Å²) in [6.45, 7) is 1.27. The first-order valence-corrected chi connectivity index (χ1v) is 6.47. The third-order valence-electron chi connectivity index (χ3n) is 3.44. The van der Waals surface area contributed by atoms with E-state index < -0.39 is 11.7 Å². The topological polar surface area (TPSA) is 40.5 Å². The van der Waals surface area contributed by atoms with E-state index in [1.165, 1.54) is 12.1 Å². The molecule has 1 aliphatic rings. The quantitative estimate of drug-likeness (QED) is 0.868. The Morgan fingerprint density at radius 2 is 1.95 bits per heavy atom. The molecule has 0 saturated carbocycles. The number of benzene rings is 1. The molecule has 1 aliphatic heterocycles. The summed E-state index contributed by atoms with van der Waals surface area (Å²) in [5.41, 5.74) is -0.733. The number of carbonyl (C=O) groups excluding carboxylic acids is 1. The van der Waals surface area contributed by atoms with Gasteiger partial charge in [-0.25, -0.2) is 0 Å². The first kappa shape index (κ1) is 15.0. The number of nitrogens with zero attached hydrogens (tertiary/aromatic N) is 1. The second-order valence-electron chi connectivity index (χ2n) is 5.01. The fraction of sp³-hybridized carbons (Fsp3) is 0.500. The van der Waals surface area contributed by atoms with Crippen LogP contribution in [0.5, 0.6) is 0 Å². The van der Waals surface area contributed by atoms with Crippen LogP contribution in [0.1, 0.15) is 28.8 Å². The van der Waals surface area contributed by atoms with Gasteiger partial charge in [0.15, 0.2) is 5.78 Å². The van der Waals surface area contributed by atoms with Crippen molar-refractivity contribution in [3.63, 3.8) is 0 Å². The summed E-state index contributed by atoms with van der Waals surface area (Å²) in [6.07, 6.45) is -3.59. The molecule has 0 aromatic heterocycles. The van der Waals surface area contributed by atoms with Crippen LogP contribution in [0.4, 0.5) is 13.2 Å². The molecule has 1 aromatic rings. The van der Waals surface area contributed by atoms with Crippen LogP contribution in [0.15, 0.2) is 24.3 Å². The molecule has 0 amide bonds. The minimum Gasteiger partial charge on any atom is -0.393 e. The highest BCUT2D eigenvalue weighted by Crippen LogP contribution is 2.29. The van der Waals surface area contributed by atoms with E-state index in [2.05, 4.69) is 0 Å². The Kier molecular flexibility index (Phi) is 4.45. The first-order chi connectivity index (χ1) is 9.36. The van der Waals surface area contributed by atoms with Gasteiger partial charge in [-0.05, 0) is 25.0 Å². The molecule has 1 heterocycles. The standard InChI is InChI=1S/C14H16F3NO2/c15-14(16,17)11-3-1-2-10(8-11)13(20)9-18-6-4-12(19)5-7-18/h1-3,8,12,19H,4-7,9H2. The summed E-state index contributed by atoms with van der Waals surface area (Å²) >= 11 is 0. The van der Waals surface area contributed by atoms with Crippen LogP contribution >= 0.6 is 0 Å². The normalized spacial score (nSPS) is 18.2. The summed E-state index contributed by atoms with van der Waals surface area (Å²) in [6, 6.07) is 4.49. The van der Waals surface area contributed by atoms with Gasteiger partial charge in [0.1, 0.15) is 0 Å². The van der Waals surface area contributed by atoms with Gasteiger partial charge >= 0.3 is 6.18 Å². The predicted octanol–water partition coefficient (Wildman–Crippen LogP) is 2.34. The Morgan fingerprint density at radius 3 is 2.55 bits per heavy atom. The number of carbonyl (C=O) groups is 1. The Labute approximate surface area is 115 Å². The number of hydrogen-bond acceptors (Lipinski definition) is 3. The van der Waals surface area contributed by atoms with Gasteiger partial charge in [0.25, 0.3) is 0 Å². The summed E-state index contributed by atoms with van der Waals surface area (Å²) in [5, 5.41) is 9.37. The van der Waals surface area contributed by atoms with Crippen LogP contribution in [0.25, 0.3) is 0 Å². The minimum atomic E-state index is -4.44. The molecule has 0 radical (unpaired) electrons. The molecule has 1 N–H and O–H groups in total. The van der Waals surface area contributed by atoms with E-state index >= 15 is 0 Å². The number of ketones is 1. The zero-order valence-electron chi connectivity index (χ0n) is 10.9. The SMILES string of the molecule is O=C(CN1CCC(O)CC1)c1cccc(C(F)(F)F)c1. The van der Waals surface area contributed by atoms with Crippen molar-refractivity contribution in [1.29, 1.82) is 0 Å². The largest absolute Gasteiger partial charge is 0.416 e. The molecule has 1 saturated heterocycles. The van der Waals surface area contributed by atoms with Crippen molar-refractivity contribution in [2.24, 2.45) is 0 Å². The number of alkyl halides is 3. The molecule has 0 aliphatic carbocycles. The van der Waals surface area contributed by atoms with Crippen LogP contribution in [-0.4, -0.2) is 41.5 Å². The van der Waals surface area contributed by atoms with Gasteiger partial charge in [0, 0.05) is 18.7 Å². The molecule has 0 atom stereocenters. The van der Waals surface area contributed by atoms with Gasteiger partial charge in [-0.15, -0.1) is 0 Å². The summed E-state index contributed by atoms with van der Waals surface area (Å²) in [4.78, 5) is 13.9. The highest BCUT2D eigenvalue weighted by atomic mass is 19.4. The van der Waals surface area contributed by atoms with E-state index in [1.54, 1.807) is 0 Å². The fourth-order valence-electron chi connectivity index (χ4n) is 2.24. The Bertz CT molecular complexity index is 480. The number of hydrogen-bond donors (Lipinski definition) is 1. The number of rotatable bonds is 3. The number of likely N-dealkylation sites (tertiary alicyclic amines) is 1. The summed E-state index contributed by atoms with van der Waals surface area (Å²) < 4.78 is 37.8. The van der Waals surface area contributed by atoms with E-state index in [9.17, 15) is 23.1 Å². The highest BCUT2D eigenvalue weighted by molar-refractivity contribution is 5.97. The van der Waals surface area contributed by atoms with E-state index in [4.69, 9.17) is 0 Å². The van der Waals surface area contributed by atoms with E-state index in [-0.39, 0.29) is 24.0 Å². The van der Waals surface area contributed by atoms with E-state index in [0.717, 1.165) is 12.1 Å². The molecule has 6 heteroatoms. The maximum atomic E-state index is 12.6. The first-order valence-electron chi connectivity index (χ1n) is 6.47. The number of piperidine rings is 1. The number of aliphatic hydroxyl groups excluding tert-OH is 1. The summed E-state index contributed by atoms with van der Waals surface area (Å²) in [5.74, 6) is -0.326. The van der Waals surface area contributed by atoms with E-state index in [0.29, 0.717) is 25.9 Å². The van der Waals surface area contributed by atoms with Crippen LogP contribution in [0, 0.1) is 0 Å². The minimum absolute atomic E-state index is 0.0750. The summed E-state index contributed by atoms with van der Waals surface area (Å²) in [7, 11) is 0. The Hall–Kier alpha value is -1.40. The van der Waals surface area contributed by atoms with Crippen LogP contribution in [0.3, 0.4) is 0 Å². The second-order valence-corrected chi connectivity index (χ2v) is 5.01. The van der Waals surface area contributed by atoms with Gasteiger partial charge < -0.3 is 5.11 Å². The second kappa shape index (κ2) is 5.93. The van der Waals surface area contributed by atoms with Gasteiger partial charge in [-0.3, -0.25) is 9.69 Å². The third-order valence-corrected chi connectivity index (χ3v) is 3.44. The predicted molar refractivity (Wildman–Crippen MR) is 67.5 cm³/mol. The monoisotopic (exact) mass is 287 g/mol. The average Bonchev–Trinajstić information content (AvgIpc) is 2.40. The zero-order valence-corrected chi connectivity index (χ0v) is 10.9. The number of halogens is 3. The van der Waals surface area contributed by atoms with Crippen LogP contribution < -0.4 is 0 Å². The van der Waals surface area contributed by atoms with Crippen molar-refractivity contribution < 1.29 is 23.1 Å². The molecule has 0 unspecified atom stereocenters. The highest BCUT2D eigenvalue weighted by Gasteiger charge is 2.31. The van der Waals surface area contributed by atoms with Gasteiger partial charge in [-0.1, -0.05) is 12.1 Å². The third kappa shape index (κ3) is 3.80. The molecule has 0 bridgehead atoms. The van der Waals surface area contributed by atoms with Crippen molar-refractivity contribution in [2.75, 3.05) is 19.6 Å². The van der Waals surface area contributed by atoms with E-state index in [1.807, 2.05) is 4.90 Å². The molecule has 3 nitrogen and oxygen atoms in total. The molecule has 1 fully saturated rings. The van der Waals surface area contributed by atoms with Crippen molar-refractivity contribution in [3.05, 3.63) is 35.4 Å². The van der Waals surface area contributed by atoms with Gasteiger partial charge in [0.2, 0.25) is 0 Å². The average molecular weight is 287 g/mol. The lowest BCUT2D eigenvalue weighted by Crippen LogP contribution is -2.39. The number of Topliss-reactive ketones (excluding diaryl/α,β-unsaturated/α-hetero) is 1. The Balaban J connectivity index is 2.02. The van der Waals surface area contributed by atoms with Gasteiger partial charge in [-0.2, -0.15) is 13.2 Å². The van der Waals surface area contributed by atoms with Crippen molar-refractivity contribution in [2.45, 2.75) is 25.1 Å². The lowest BCUT2D eigenvalue weighted by Gasteiger charge is -2.28. The maximum Gasteiger partial charge on any atom is 0.416 e. The molecular weight excluding hydrogens is 271 g/mol. The van der Waals surface area contributed by atoms with Crippen molar-refractivity contribution >= 4 is 5.78 Å². The molecule has 20 heavy (non-hydrogen) atoms. The van der Waals surface area contributed by atoms with Crippen molar-refractivity contribution in [1.82, 2.24) is 4.90 Å². The fourth-order valence-corrected chi connectivity index (χ4v) is 2.24. The lowest BCUT2D eigenvalue weighted by atomic mass is 10.0. The van der Waals surface area contributed by atoms with Crippen LogP contribution in [-0.2, 0) is 6.18 Å². The van der Waals surface area contributed by atoms with Crippen molar-refractivity contribution in [3.8, 4) is 0 Å². The van der Waals surface area contributed by atoms with Crippen LogP contribution in [0.2, 0.25) is 0 Å². The van der Waals surface area contributed by atoms with Gasteiger partial charge in [0.05, 0.1) is 18.2 Å². The number of aliphatic hydroxyl groups is 1. The molecular formula is C14H16F3NO2. The Morgan fingerprint density at radius 1 is 1.30 bits per heavy atom. The lowest BCUT2D eigenvalue weighted by molar-refractivity contribution is -0.137. The molecule has 0 spiro atoms. The molecule has 1 aromatic carbocycles. The molecule has 110 valence electrons.